The maximum absolute atomic E-state index is 14.0. The summed E-state index contributed by atoms with van der Waals surface area (Å²) in [6, 6.07) is 16.7. The Morgan fingerprint density at radius 1 is 1.07 bits per heavy atom. The highest BCUT2D eigenvalue weighted by Gasteiger charge is 2.46. The Hall–Kier alpha value is -4.30. The van der Waals surface area contributed by atoms with Gasteiger partial charge in [-0.05, 0) is 73.1 Å². The molecule has 4 aromatic rings. The van der Waals surface area contributed by atoms with Crippen molar-refractivity contribution in [1.29, 1.82) is 0 Å². The summed E-state index contributed by atoms with van der Waals surface area (Å²) in [5, 5.41) is 10.9. The largest absolute Gasteiger partial charge is 0.506 e. The highest BCUT2D eigenvalue weighted by atomic mass is 35.5. The number of nitrogens with zero attached hydrogens (tertiary/aromatic N) is 2. The molecule has 1 aromatic heterocycles. The van der Waals surface area contributed by atoms with Crippen molar-refractivity contribution < 1.29 is 24.2 Å². The number of hydrogen-bond acceptors (Lipinski definition) is 5. The maximum Gasteiger partial charge on any atom is 0.327 e. The Morgan fingerprint density at radius 3 is 2.64 bits per heavy atom. The number of rotatable bonds is 10. The molecule has 8 nitrogen and oxygen atoms in total. The van der Waals surface area contributed by atoms with Crippen molar-refractivity contribution >= 4 is 40.2 Å². The van der Waals surface area contributed by atoms with Crippen molar-refractivity contribution in [2.75, 3.05) is 6.54 Å². The number of Topliss-reactive ketones (excluding diaryl/α,β-unsaturated/α-hetero) is 1. The van der Waals surface area contributed by atoms with Gasteiger partial charge in [0.05, 0.1) is 10.6 Å². The number of ether oxygens (including phenoxy) is 1. The van der Waals surface area contributed by atoms with Gasteiger partial charge >= 0.3 is 6.03 Å². The molecule has 2 N–H and O–H groups in total. The van der Waals surface area contributed by atoms with Crippen molar-refractivity contribution in [2.45, 2.75) is 65.0 Å². The second kappa shape index (κ2) is 13.0. The van der Waals surface area contributed by atoms with Crippen LogP contribution in [0.3, 0.4) is 0 Å². The van der Waals surface area contributed by atoms with Crippen LogP contribution >= 0.6 is 11.6 Å². The molecule has 1 aliphatic carbocycles. The van der Waals surface area contributed by atoms with Crippen molar-refractivity contribution in [3.63, 3.8) is 0 Å². The van der Waals surface area contributed by atoms with Crippen LogP contribution in [0.2, 0.25) is 5.02 Å². The fourth-order valence-corrected chi connectivity index (χ4v) is 7.03. The number of para-hydroxylation sites is 1. The molecule has 2 heterocycles. The van der Waals surface area contributed by atoms with Gasteiger partial charge in [-0.15, -0.1) is 0 Å². The molecule has 0 spiro atoms. The van der Waals surface area contributed by atoms with E-state index < -0.39 is 6.04 Å². The van der Waals surface area contributed by atoms with E-state index in [0.717, 1.165) is 42.1 Å². The number of urea groups is 1. The number of aromatic nitrogens is 1. The molecule has 45 heavy (non-hydrogen) atoms. The van der Waals surface area contributed by atoms with E-state index in [9.17, 15) is 19.5 Å². The van der Waals surface area contributed by atoms with E-state index in [-0.39, 0.29) is 35.0 Å². The van der Waals surface area contributed by atoms with E-state index in [1.807, 2.05) is 30.5 Å². The smallest absolute Gasteiger partial charge is 0.327 e. The van der Waals surface area contributed by atoms with Crippen LogP contribution in [0.15, 0.2) is 66.9 Å². The normalized spacial score (nSPS) is 20.3. The fourth-order valence-electron chi connectivity index (χ4n) is 6.86. The molecular formula is C36H38ClN3O5. The van der Waals surface area contributed by atoms with Crippen molar-refractivity contribution in [1.82, 2.24) is 14.8 Å². The predicted molar refractivity (Wildman–Crippen MR) is 174 cm³/mol. The second-order valence-electron chi connectivity index (χ2n) is 12.3. The topological polar surface area (TPSA) is 103 Å². The van der Waals surface area contributed by atoms with E-state index in [2.05, 4.69) is 11.9 Å². The van der Waals surface area contributed by atoms with Crippen LogP contribution in [0.25, 0.3) is 10.9 Å². The van der Waals surface area contributed by atoms with Gasteiger partial charge < -0.3 is 19.7 Å². The van der Waals surface area contributed by atoms with E-state index in [1.165, 1.54) is 30.4 Å². The van der Waals surface area contributed by atoms with E-state index in [4.69, 9.17) is 16.3 Å². The lowest BCUT2D eigenvalue weighted by Crippen LogP contribution is -2.37. The predicted octanol–water partition coefficient (Wildman–Crippen LogP) is 8.11. The number of carbonyl (C=O) groups excluding carboxylic acids is 3. The summed E-state index contributed by atoms with van der Waals surface area (Å²) in [5.41, 5.74) is 3.02. The van der Waals surface area contributed by atoms with E-state index >= 15 is 0 Å². The van der Waals surface area contributed by atoms with Crippen LogP contribution in [0.4, 0.5) is 4.79 Å². The van der Waals surface area contributed by atoms with Crippen LogP contribution in [0.1, 0.15) is 67.4 Å². The molecule has 2 fully saturated rings. The zero-order valence-electron chi connectivity index (χ0n) is 25.6. The van der Waals surface area contributed by atoms with Crippen LogP contribution in [0.5, 0.6) is 17.2 Å². The van der Waals surface area contributed by atoms with Gasteiger partial charge in [-0.1, -0.05) is 62.1 Å². The van der Waals surface area contributed by atoms with Crippen molar-refractivity contribution in [3.05, 3.63) is 88.6 Å². The maximum atomic E-state index is 14.0. The monoisotopic (exact) mass is 627 g/mol. The molecule has 3 aromatic carbocycles. The summed E-state index contributed by atoms with van der Waals surface area (Å²) < 4.78 is 5.96. The van der Waals surface area contributed by atoms with Gasteiger partial charge in [-0.25, -0.2) is 4.79 Å². The number of H-pyrrole nitrogens is 1. The van der Waals surface area contributed by atoms with Gasteiger partial charge in [-0.3, -0.25) is 14.5 Å². The third-order valence-corrected chi connectivity index (χ3v) is 9.63. The third-order valence-electron chi connectivity index (χ3n) is 9.32. The molecule has 0 radical (unpaired) electrons. The zero-order valence-corrected chi connectivity index (χ0v) is 26.3. The highest BCUT2D eigenvalue weighted by Crippen LogP contribution is 2.36. The standard InChI is InChI=1S/C36H38ClN3O5/c1-3-23-7-6-8-24(15-23)21-40-35(43)32(17-26-19-38-31-10-5-4-9-28(26)31)39(36(40)44)20-25-11-14-34(29(16-25)22(2)41)45-27-12-13-33(42)30(37)18-27/h4-5,9-14,16,18-19,23-24,32,38,42H,3,6-8,15,17,20-21H2,1-2H3/t23-,24+,32-/m0/s1. The number of fused-ring (bicyclic) bond motifs is 1. The molecular weight excluding hydrogens is 590 g/mol. The quantitative estimate of drug-likeness (QED) is 0.137. The number of imide groups is 1. The SMILES string of the molecule is CC[C@H]1CCC[C@@H](CN2C(=O)[C@H](Cc3c[nH]c4ccccc34)N(Cc3ccc(Oc4ccc(O)c(Cl)c4)c(C(C)=O)c3)C2=O)C1. The lowest BCUT2D eigenvalue weighted by atomic mass is 9.80. The van der Waals surface area contributed by atoms with Crippen LogP contribution in [-0.2, 0) is 17.8 Å². The van der Waals surface area contributed by atoms with E-state index in [0.29, 0.717) is 47.4 Å². The molecule has 3 amide bonds. The van der Waals surface area contributed by atoms with Gasteiger partial charge in [0, 0.05) is 42.7 Å². The Balaban J connectivity index is 1.29. The summed E-state index contributed by atoms with van der Waals surface area (Å²) in [5.74, 6) is 1.20. The number of halogens is 1. The molecule has 1 aliphatic heterocycles. The highest BCUT2D eigenvalue weighted by molar-refractivity contribution is 6.32. The first-order chi connectivity index (χ1) is 21.7. The summed E-state index contributed by atoms with van der Waals surface area (Å²) in [6.07, 6.45) is 7.82. The third kappa shape index (κ3) is 6.43. The minimum atomic E-state index is -0.668. The molecule has 2 aliphatic rings. The van der Waals surface area contributed by atoms with E-state index in [1.54, 1.807) is 29.2 Å². The minimum Gasteiger partial charge on any atom is -0.506 e. The first kappa shape index (κ1) is 30.7. The number of amides is 3. The summed E-state index contributed by atoms with van der Waals surface area (Å²) >= 11 is 6.04. The number of phenols is 1. The van der Waals surface area contributed by atoms with Crippen LogP contribution in [-0.4, -0.2) is 50.2 Å². The summed E-state index contributed by atoms with van der Waals surface area (Å²) in [7, 11) is 0. The van der Waals surface area contributed by atoms with Crippen molar-refractivity contribution in [2.24, 2.45) is 11.8 Å². The first-order valence-electron chi connectivity index (χ1n) is 15.7. The first-order valence-corrected chi connectivity index (χ1v) is 16.1. The minimum absolute atomic E-state index is 0.0686. The number of hydrogen-bond donors (Lipinski definition) is 2. The lowest BCUT2D eigenvalue weighted by molar-refractivity contribution is -0.128. The Morgan fingerprint density at radius 2 is 1.87 bits per heavy atom. The molecule has 234 valence electrons. The molecule has 3 atom stereocenters. The van der Waals surface area contributed by atoms with Gasteiger partial charge in [0.1, 0.15) is 23.3 Å². The number of nitrogens with one attached hydrogen (secondary N) is 1. The van der Waals surface area contributed by atoms with Crippen LogP contribution < -0.4 is 4.74 Å². The zero-order chi connectivity index (χ0) is 31.7. The Bertz CT molecular complexity index is 1750. The summed E-state index contributed by atoms with van der Waals surface area (Å²) in [6.45, 7) is 4.27. The van der Waals surface area contributed by atoms with Gasteiger partial charge in [0.2, 0.25) is 0 Å². The number of benzene rings is 3. The van der Waals surface area contributed by atoms with Gasteiger partial charge in [0.15, 0.2) is 5.78 Å². The number of carbonyl (C=O) groups is 3. The second-order valence-corrected chi connectivity index (χ2v) is 12.8. The summed E-state index contributed by atoms with van der Waals surface area (Å²) in [4.78, 5) is 47.2. The average molecular weight is 628 g/mol. The Labute approximate surface area is 267 Å². The Kier molecular flexibility index (Phi) is 8.85. The lowest BCUT2D eigenvalue weighted by Gasteiger charge is -2.30. The molecule has 1 saturated carbocycles. The molecule has 0 bridgehead atoms. The van der Waals surface area contributed by atoms with Gasteiger partial charge in [0.25, 0.3) is 5.91 Å². The number of aromatic hydroxyl groups is 1. The van der Waals surface area contributed by atoms with Crippen molar-refractivity contribution in [3.8, 4) is 17.2 Å². The molecule has 1 saturated heterocycles. The number of aromatic amines is 1. The number of phenolic OH excluding ortho intramolecular Hbond substituents is 1. The molecule has 6 rings (SSSR count). The van der Waals surface area contributed by atoms with Crippen LogP contribution in [0, 0.1) is 11.8 Å². The molecule has 9 heteroatoms. The fraction of sp³-hybridized carbons (Fsp3) is 0.361. The molecule has 0 unspecified atom stereocenters. The number of ketones is 1. The van der Waals surface area contributed by atoms with Gasteiger partial charge in [-0.2, -0.15) is 0 Å². The average Bonchev–Trinajstić information content (AvgIpc) is 3.54.